The maximum absolute atomic E-state index is 12.5. The van der Waals surface area contributed by atoms with Gasteiger partial charge in [0.15, 0.2) is 0 Å². The van der Waals surface area contributed by atoms with Crippen LogP contribution in [0, 0.1) is 12.8 Å². The topological polar surface area (TPSA) is 38.1 Å². The van der Waals surface area contributed by atoms with Gasteiger partial charge >= 0.3 is 6.18 Å². The third kappa shape index (κ3) is 4.23. The molecule has 0 aliphatic heterocycles. The van der Waals surface area contributed by atoms with E-state index in [0.29, 0.717) is 13.0 Å². The Hall–Kier alpha value is -1.04. The smallest absolute Gasteiger partial charge is 0.361 e. The van der Waals surface area contributed by atoms with Crippen LogP contribution in [-0.4, -0.2) is 17.4 Å². The quantitative estimate of drug-likeness (QED) is 0.913. The Bertz CT molecular complexity index is 403. The van der Waals surface area contributed by atoms with Crippen molar-refractivity contribution in [2.24, 2.45) is 5.92 Å². The summed E-state index contributed by atoms with van der Waals surface area (Å²) in [5.41, 5.74) is 0.913. The molecular formula is C13H19F3N2O. The van der Waals surface area contributed by atoms with Crippen molar-refractivity contribution in [2.75, 3.05) is 0 Å². The summed E-state index contributed by atoms with van der Waals surface area (Å²) < 4.78 is 42.6. The molecule has 1 aromatic rings. The van der Waals surface area contributed by atoms with Gasteiger partial charge in [-0.05, 0) is 25.7 Å². The van der Waals surface area contributed by atoms with Crippen LogP contribution < -0.4 is 5.32 Å². The molecule has 6 heteroatoms. The molecule has 0 aromatic carbocycles. The molecule has 2 rings (SSSR count). The van der Waals surface area contributed by atoms with E-state index in [1.807, 2.05) is 0 Å². The summed E-state index contributed by atoms with van der Waals surface area (Å²) >= 11 is 0. The number of nitrogens with one attached hydrogen (secondary N) is 1. The summed E-state index contributed by atoms with van der Waals surface area (Å²) in [5.74, 6) is 0.407. The maximum Gasteiger partial charge on any atom is 0.389 e. The molecule has 19 heavy (non-hydrogen) atoms. The first-order valence-electron chi connectivity index (χ1n) is 6.66. The van der Waals surface area contributed by atoms with Gasteiger partial charge in [0.05, 0.1) is 6.20 Å². The van der Waals surface area contributed by atoms with Gasteiger partial charge in [-0.1, -0.05) is 18.0 Å². The van der Waals surface area contributed by atoms with Gasteiger partial charge < -0.3 is 9.84 Å². The van der Waals surface area contributed by atoms with Gasteiger partial charge in [0, 0.05) is 24.6 Å². The number of alkyl halides is 3. The molecule has 0 spiro atoms. The summed E-state index contributed by atoms with van der Waals surface area (Å²) in [6.45, 7) is 2.33. The van der Waals surface area contributed by atoms with E-state index in [0.717, 1.165) is 30.6 Å². The molecule has 0 unspecified atom stereocenters. The third-order valence-corrected chi connectivity index (χ3v) is 3.81. The van der Waals surface area contributed by atoms with Crippen molar-refractivity contribution < 1.29 is 17.7 Å². The molecule has 0 bridgehead atoms. The van der Waals surface area contributed by atoms with E-state index >= 15 is 0 Å². The molecule has 2 atom stereocenters. The average molecular weight is 276 g/mol. The van der Waals surface area contributed by atoms with Crippen molar-refractivity contribution in [3.8, 4) is 0 Å². The second-order valence-corrected chi connectivity index (χ2v) is 5.26. The molecule has 1 saturated carbocycles. The van der Waals surface area contributed by atoms with E-state index in [1.54, 1.807) is 13.1 Å². The summed E-state index contributed by atoms with van der Waals surface area (Å²) in [4.78, 5) is 0. The van der Waals surface area contributed by atoms with Crippen LogP contribution in [0.1, 0.15) is 43.4 Å². The second kappa shape index (κ2) is 5.94. The fraction of sp³-hybridized carbons (Fsp3) is 0.769. The van der Waals surface area contributed by atoms with Crippen LogP contribution in [0.15, 0.2) is 10.7 Å². The molecule has 1 aliphatic rings. The zero-order valence-corrected chi connectivity index (χ0v) is 11.0. The van der Waals surface area contributed by atoms with Gasteiger partial charge in [0.2, 0.25) is 0 Å². The molecule has 1 heterocycles. The molecule has 3 nitrogen and oxygen atoms in total. The minimum absolute atomic E-state index is 0.0651. The molecule has 0 saturated heterocycles. The highest BCUT2D eigenvalue weighted by molar-refractivity contribution is 5.11. The van der Waals surface area contributed by atoms with E-state index in [9.17, 15) is 13.2 Å². The van der Waals surface area contributed by atoms with Gasteiger partial charge in [-0.15, -0.1) is 0 Å². The average Bonchev–Trinajstić information content (AvgIpc) is 2.72. The van der Waals surface area contributed by atoms with Gasteiger partial charge in [0.1, 0.15) is 5.76 Å². The van der Waals surface area contributed by atoms with Crippen LogP contribution in [0.2, 0.25) is 0 Å². The van der Waals surface area contributed by atoms with Gasteiger partial charge in [0.25, 0.3) is 0 Å². The predicted octanol–water partition coefficient (Wildman–Crippen LogP) is 3.58. The summed E-state index contributed by atoms with van der Waals surface area (Å²) in [6.07, 6.45) is 0.205. The Morgan fingerprint density at radius 2 is 2.11 bits per heavy atom. The number of halogens is 3. The fourth-order valence-corrected chi connectivity index (χ4v) is 2.75. The lowest BCUT2D eigenvalue weighted by molar-refractivity contribution is -0.148. The summed E-state index contributed by atoms with van der Waals surface area (Å²) in [6, 6.07) is -0.0651. The molecule has 1 fully saturated rings. The zero-order valence-electron chi connectivity index (χ0n) is 11.0. The maximum atomic E-state index is 12.5. The standard InChI is InChI=1S/C13H19F3N2O/c1-9-11(8-18-19-9)7-17-12-5-3-2-4-10(12)6-13(14,15)16/h8,10,12,17H,2-7H2,1H3/t10-,12-/m0/s1. The molecule has 1 aromatic heterocycles. The largest absolute Gasteiger partial charge is 0.389 e. The Morgan fingerprint density at radius 3 is 2.74 bits per heavy atom. The molecule has 0 radical (unpaired) electrons. The first-order chi connectivity index (χ1) is 8.96. The molecule has 1 aliphatic carbocycles. The minimum Gasteiger partial charge on any atom is -0.361 e. The van der Waals surface area contributed by atoms with Crippen LogP contribution in [-0.2, 0) is 6.54 Å². The SMILES string of the molecule is Cc1oncc1CN[C@H]1CCCC[C@H]1CC(F)(F)F. The summed E-state index contributed by atoms with van der Waals surface area (Å²) in [7, 11) is 0. The van der Waals surface area contributed by atoms with E-state index in [4.69, 9.17) is 4.52 Å². The predicted molar refractivity (Wildman–Crippen MR) is 64.5 cm³/mol. The minimum atomic E-state index is -4.07. The van der Waals surface area contributed by atoms with Crippen LogP contribution in [0.25, 0.3) is 0 Å². The Balaban J connectivity index is 1.90. The molecule has 108 valence electrons. The molecular weight excluding hydrogens is 257 g/mol. The fourth-order valence-electron chi connectivity index (χ4n) is 2.75. The lowest BCUT2D eigenvalue weighted by Gasteiger charge is -2.32. The Labute approximate surface area is 110 Å². The normalized spacial score (nSPS) is 24.6. The van der Waals surface area contributed by atoms with Gasteiger partial charge in [-0.25, -0.2) is 0 Å². The lowest BCUT2D eigenvalue weighted by Crippen LogP contribution is -2.40. The van der Waals surface area contributed by atoms with E-state index in [-0.39, 0.29) is 12.0 Å². The molecule has 0 amide bonds. The third-order valence-electron chi connectivity index (χ3n) is 3.81. The second-order valence-electron chi connectivity index (χ2n) is 5.26. The van der Waals surface area contributed by atoms with Crippen molar-refractivity contribution in [3.05, 3.63) is 17.5 Å². The highest BCUT2D eigenvalue weighted by Gasteiger charge is 2.36. The van der Waals surface area contributed by atoms with E-state index in [1.165, 1.54) is 0 Å². The van der Waals surface area contributed by atoms with Crippen LogP contribution in [0.3, 0.4) is 0 Å². The van der Waals surface area contributed by atoms with Gasteiger partial charge in [-0.3, -0.25) is 0 Å². The Kier molecular flexibility index (Phi) is 4.50. The number of hydrogen-bond acceptors (Lipinski definition) is 3. The summed E-state index contributed by atoms with van der Waals surface area (Å²) in [5, 5.41) is 6.91. The number of rotatable bonds is 4. The van der Waals surface area contributed by atoms with Crippen molar-refractivity contribution in [1.29, 1.82) is 0 Å². The van der Waals surface area contributed by atoms with Crippen LogP contribution in [0.5, 0.6) is 0 Å². The monoisotopic (exact) mass is 276 g/mol. The van der Waals surface area contributed by atoms with Gasteiger partial charge in [-0.2, -0.15) is 13.2 Å². The number of hydrogen-bond donors (Lipinski definition) is 1. The highest BCUT2D eigenvalue weighted by Crippen LogP contribution is 2.34. The number of aryl methyl sites for hydroxylation is 1. The van der Waals surface area contributed by atoms with Crippen molar-refractivity contribution in [2.45, 2.75) is 57.8 Å². The zero-order chi connectivity index (χ0) is 13.9. The van der Waals surface area contributed by atoms with E-state index < -0.39 is 12.6 Å². The highest BCUT2D eigenvalue weighted by atomic mass is 19.4. The van der Waals surface area contributed by atoms with Crippen LogP contribution in [0.4, 0.5) is 13.2 Å². The lowest BCUT2D eigenvalue weighted by atomic mass is 9.82. The Morgan fingerprint density at radius 1 is 1.37 bits per heavy atom. The van der Waals surface area contributed by atoms with Crippen LogP contribution >= 0.6 is 0 Å². The molecule has 1 N–H and O–H groups in total. The number of aromatic nitrogens is 1. The first kappa shape index (κ1) is 14.4. The number of nitrogens with zero attached hydrogens (tertiary/aromatic N) is 1. The van der Waals surface area contributed by atoms with E-state index in [2.05, 4.69) is 10.5 Å². The van der Waals surface area contributed by atoms with Crippen molar-refractivity contribution in [1.82, 2.24) is 10.5 Å². The first-order valence-corrected chi connectivity index (χ1v) is 6.66. The van der Waals surface area contributed by atoms with Crippen molar-refractivity contribution >= 4 is 0 Å². The van der Waals surface area contributed by atoms with Crippen molar-refractivity contribution in [3.63, 3.8) is 0 Å².